The van der Waals surface area contributed by atoms with Gasteiger partial charge in [-0.2, -0.15) is 9.97 Å². The Morgan fingerprint density at radius 1 is 1.31 bits per heavy atom. The van der Waals surface area contributed by atoms with E-state index >= 15 is 0 Å². The van der Waals surface area contributed by atoms with Crippen LogP contribution in [0.4, 0.5) is 11.8 Å². The molecule has 0 fully saturated rings. The van der Waals surface area contributed by atoms with Crippen LogP contribution >= 0.6 is 0 Å². The van der Waals surface area contributed by atoms with Gasteiger partial charge in [0.15, 0.2) is 19.9 Å². The zero-order chi connectivity index (χ0) is 21.2. The van der Waals surface area contributed by atoms with Crippen molar-refractivity contribution in [2.24, 2.45) is 0 Å². The molecule has 0 radical (unpaired) electrons. The fraction of sp³-hybridized carbons (Fsp3) is 0.421. The fourth-order valence-corrected chi connectivity index (χ4v) is 3.59. The standard InChI is InChI=1S/C19H28N6O3Si/c1-19(2,3)29(4,5)28-12-10-25-9-8-13-15(21-18(20)22-16(13)25)23-24-17(26)14-7-6-11-27-14/h6-9,11H,10,12H2,1-5H3,(H,24,26)(H3,20,21,22,23). The molecule has 1 amide bonds. The molecule has 9 nitrogen and oxygen atoms in total. The fourth-order valence-electron chi connectivity index (χ4n) is 2.56. The molecular formula is C19H28N6O3Si. The first-order valence-electron chi connectivity index (χ1n) is 9.45. The average Bonchev–Trinajstić information content (AvgIpc) is 3.29. The van der Waals surface area contributed by atoms with Crippen molar-refractivity contribution < 1.29 is 13.6 Å². The maximum absolute atomic E-state index is 12.1. The number of nitrogens with two attached hydrogens (primary N) is 1. The summed E-state index contributed by atoms with van der Waals surface area (Å²) in [7, 11) is -1.82. The highest BCUT2D eigenvalue weighted by Gasteiger charge is 2.36. The molecule has 0 aliphatic rings. The molecule has 0 unspecified atom stereocenters. The van der Waals surface area contributed by atoms with Gasteiger partial charge in [-0.15, -0.1) is 0 Å². The number of carbonyl (C=O) groups excluding carboxylic acids is 1. The molecule has 10 heteroatoms. The molecule has 0 aliphatic carbocycles. The SMILES string of the molecule is CC(C)(C)[Si](C)(C)OCCn1ccc2c(NNC(=O)c3ccco3)nc(N)nc21. The number of carbonyl (C=O) groups is 1. The third kappa shape index (κ3) is 4.60. The molecule has 0 aromatic carbocycles. The molecule has 0 spiro atoms. The predicted octanol–water partition coefficient (Wildman–Crippen LogP) is 3.39. The Hall–Kier alpha value is -2.85. The smallest absolute Gasteiger partial charge is 0.305 e. The van der Waals surface area contributed by atoms with Gasteiger partial charge in [-0.05, 0) is 36.3 Å². The van der Waals surface area contributed by atoms with Crippen LogP contribution in [-0.4, -0.2) is 35.4 Å². The third-order valence-electron chi connectivity index (χ3n) is 5.28. The van der Waals surface area contributed by atoms with E-state index < -0.39 is 14.2 Å². The quantitative estimate of drug-likeness (QED) is 0.399. The molecule has 156 valence electrons. The number of nitrogens with zero attached hydrogens (tertiary/aromatic N) is 3. The molecule has 0 aliphatic heterocycles. The highest BCUT2D eigenvalue weighted by Crippen LogP contribution is 2.36. The van der Waals surface area contributed by atoms with Gasteiger partial charge in [0.05, 0.1) is 18.3 Å². The highest BCUT2D eigenvalue weighted by molar-refractivity contribution is 6.74. The van der Waals surface area contributed by atoms with E-state index in [4.69, 9.17) is 14.6 Å². The minimum absolute atomic E-state index is 0.109. The number of aromatic nitrogens is 3. The van der Waals surface area contributed by atoms with Crippen molar-refractivity contribution in [2.45, 2.75) is 45.4 Å². The van der Waals surface area contributed by atoms with Crippen LogP contribution in [-0.2, 0) is 11.0 Å². The molecule has 29 heavy (non-hydrogen) atoms. The Labute approximate surface area is 170 Å². The molecular weight excluding hydrogens is 388 g/mol. The summed E-state index contributed by atoms with van der Waals surface area (Å²) in [4.78, 5) is 20.6. The van der Waals surface area contributed by atoms with Crippen molar-refractivity contribution in [3.05, 3.63) is 36.4 Å². The van der Waals surface area contributed by atoms with Gasteiger partial charge in [0.1, 0.15) is 5.65 Å². The zero-order valence-electron chi connectivity index (χ0n) is 17.4. The Bertz CT molecular complexity index is 991. The second-order valence-corrected chi connectivity index (χ2v) is 13.2. The molecule has 3 rings (SSSR count). The van der Waals surface area contributed by atoms with Crippen molar-refractivity contribution in [3.8, 4) is 0 Å². The van der Waals surface area contributed by atoms with Crippen LogP contribution < -0.4 is 16.6 Å². The van der Waals surface area contributed by atoms with Crippen LogP contribution in [0, 0.1) is 0 Å². The molecule has 0 bridgehead atoms. The summed E-state index contributed by atoms with van der Waals surface area (Å²) in [5.74, 6) is 0.299. The number of nitrogens with one attached hydrogen (secondary N) is 2. The maximum Gasteiger partial charge on any atom is 0.305 e. The lowest BCUT2D eigenvalue weighted by atomic mass is 10.2. The lowest BCUT2D eigenvalue weighted by molar-refractivity contribution is 0.0935. The molecule has 3 aromatic heterocycles. The van der Waals surface area contributed by atoms with Crippen LogP contribution in [0.2, 0.25) is 18.1 Å². The van der Waals surface area contributed by atoms with Crippen LogP contribution in [0.25, 0.3) is 11.0 Å². The van der Waals surface area contributed by atoms with Crippen molar-refractivity contribution in [1.82, 2.24) is 20.0 Å². The van der Waals surface area contributed by atoms with Gasteiger partial charge in [-0.25, -0.2) is 0 Å². The van der Waals surface area contributed by atoms with Gasteiger partial charge >= 0.3 is 5.91 Å². The number of rotatable bonds is 7. The van der Waals surface area contributed by atoms with Gasteiger partial charge < -0.3 is 19.1 Å². The Kier molecular flexibility index (Phi) is 5.67. The largest absolute Gasteiger partial charge is 0.459 e. The maximum atomic E-state index is 12.1. The average molecular weight is 417 g/mol. The number of fused-ring (bicyclic) bond motifs is 1. The number of hydrogen-bond donors (Lipinski definition) is 3. The first kappa shape index (κ1) is 20.9. The summed E-state index contributed by atoms with van der Waals surface area (Å²) in [6.45, 7) is 12.3. The van der Waals surface area contributed by atoms with Crippen molar-refractivity contribution in [1.29, 1.82) is 0 Å². The van der Waals surface area contributed by atoms with E-state index in [0.29, 0.717) is 24.6 Å². The molecule has 0 saturated carbocycles. The normalized spacial score (nSPS) is 12.3. The number of hydrogen-bond acceptors (Lipinski definition) is 7. The minimum atomic E-state index is -1.82. The summed E-state index contributed by atoms with van der Waals surface area (Å²) in [6, 6.07) is 5.09. The van der Waals surface area contributed by atoms with E-state index in [0.717, 1.165) is 5.39 Å². The summed E-state index contributed by atoms with van der Waals surface area (Å²) in [5.41, 5.74) is 11.9. The number of amides is 1. The number of anilines is 2. The lowest BCUT2D eigenvalue weighted by Crippen LogP contribution is -2.41. The lowest BCUT2D eigenvalue weighted by Gasteiger charge is -2.36. The molecule has 3 aromatic rings. The monoisotopic (exact) mass is 416 g/mol. The first-order chi connectivity index (χ1) is 13.6. The van der Waals surface area contributed by atoms with Gasteiger partial charge in [0.25, 0.3) is 0 Å². The predicted molar refractivity (Wildman–Crippen MR) is 115 cm³/mol. The van der Waals surface area contributed by atoms with E-state index in [2.05, 4.69) is 54.7 Å². The first-order valence-corrected chi connectivity index (χ1v) is 12.4. The molecule has 0 atom stereocenters. The van der Waals surface area contributed by atoms with E-state index in [1.54, 1.807) is 12.1 Å². The zero-order valence-corrected chi connectivity index (χ0v) is 18.4. The van der Waals surface area contributed by atoms with Crippen molar-refractivity contribution >= 4 is 37.0 Å². The summed E-state index contributed by atoms with van der Waals surface area (Å²) < 4.78 is 13.3. The summed E-state index contributed by atoms with van der Waals surface area (Å²) >= 11 is 0. The van der Waals surface area contributed by atoms with Gasteiger partial charge in [0, 0.05) is 12.7 Å². The van der Waals surface area contributed by atoms with Crippen molar-refractivity contribution in [2.75, 3.05) is 17.8 Å². The Morgan fingerprint density at radius 2 is 2.07 bits per heavy atom. The molecule has 4 N–H and O–H groups in total. The van der Waals surface area contributed by atoms with Crippen LogP contribution in [0.5, 0.6) is 0 Å². The highest BCUT2D eigenvalue weighted by atomic mass is 28.4. The molecule has 0 saturated heterocycles. The topological polar surface area (TPSA) is 120 Å². The second-order valence-electron chi connectivity index (χ2n) is 8.34. The number of nitrogen functional groups attached to an aromatic ring is 1. The van der Waals surface area contributed by atoms with Crippen LogP contribution in [0.1, 0.15) is 31.3 Å². The number of furan rings is 1. The van der Waals surface area contributed by atoms with E-state index in [9.17, 15) is 4.79 Å². The van der Waals surface area contributed by atoms with Crippen molar-refractivity contribution in [3.63, 3.8) is 0 Å². The van der Waals surface area contributed by atoms with Crippen LogP contribution in [0.15, 0.2) is 35.1 Å². The second kappa shape index (κ2) is 7.88. The summed E-state index contributed by atoms with van der Waals surface area (Å²) in [5, 5.41) is 0.896. The van der Waals surface area contributed by atoms with Gasteiger partial charge in [0.2, 0.25) is 5.95 Å². The minimum Gasteiger partial charge on any atom is -0.459 e. The summed E-state index contributed by atoms with van der Waals surface area (Å²) in [6.07, 6.45) is 3.34. The number of hydrazine groups is 1. The Balaban J connectivity index is 1.72. The van der Waals surface area contributed by atoms with Gasteiger partial charge in [-0.1, -0.05) is 20.8 Å². The van der Waals surface area contributed by atoms with Crippen LogP contribution in [0.3, 0.4) is 0 Å². The van der Waals surface area contributed by atoms with Gasteiger partial charge in [-0.3, -0.25) is 15.6 Å². The van der Waals surface area contributed by atoms with E-state index in [1.165, 1.54) is 6.26 Å². The Morgan fingerprint density at radius 3 is 2.72 bits per heavy atom. The third-order valence-corrected chi connectivity index (χ3v) is 9.81. The molecule has 3 heterocycles. The van der Waals surface area contributed by atoms with E-state index in [-0.39, 0.29) is 16.7 Å². The van der Waals surface area contributed by atoms with E-state index in [1.807, 2.05) is 16.8 Å².